The van der Waals surface area contributed by atoms with E-state index in [1.165, 1.54) is 22.7 Å². The van der Waals surface area contributed by atoms with Crippen LogP contribution in [-0.2, 0) is 28.0 Å². The average Bonchev–Trinajstić information content (AvgIpc) is 3.23. The van der Waals surface area contributed by atoms with Gasteiger partial charge in [-0.3, -0.25) is 9.59 Å². The van der Waals surface area contributed by atoms with Crippen molar-refractivity contribution in [3.05, 3.63) is 39.6 Å². The third kappa shape index (κ3) is 3.83. The van der Waals surface area contributed by atoms with Gasteiger partial charge in [0.15, 0.2) is 0 Å². The summed E-state index contributed by atoms with van der Waals surface area (Å²) in [6.07, 6.45) is 8.64. The molecule has 1 N–H and O–H groups in total. The quantitative estimate of drug-likeness (QED) is 0.709. The van der Waals surface area contributed by atoms with Crippen LogP contribution in [0.4, 0.5) is 0 Å². The Kier molecular flexibility index (Phi) is 5.82. The number of amides is 1. The zero-order valence-corrected chi connectivity index (χ0v) is 18.3. The molecule has 0 spiro atoms. The molecule has 0 saturated carbocycles. The molecule has 3 aliphatic rings. The number of aromatic nitrogens is 2. The maximum absolute atomic E-state index is 13.1. The van der Waals surface area contributed by atoms with Crippen LogP contribution in [0.1, 0.15) is 55.2 Å². The number of aromatic amines is 1. The monoisotopic (exact) mass is 435 g/mol. The molecule has 1 saturated heterocycles. The van der Waals surface area contributed by atoms with E-state index in [0.717, 1.165) is 32.1 Å². The van der Waals surface area contributed by atoms with E-state index in [9.17, 15) is 18.0 Å². The minimum atomic E-state index is -3.58. The van der Waals surface area contributed by atoms with Crippen molar-refractivity contribution in [2.24, 2.45) is 5.92 Å². The van der Waals surface area contributed by atoms with E-state index in [2.05, 4.69) is 22.1 Å². The summed E-state index contributed by atoms with van der Waals surface area (Å²) in [6.45, 7) is 0.980. The number of nitrogens with one attached hydrogen (secondary N) is 1. The smallest absolute Gasteiger partial charge is 0.281 e. The van der Waals surface area contributed by atoms with E-state index in [-0.39, 0.29) is 36.5 Å². The Morgan fingerprint density at radius 2 is 2.03 bits per heavy atom. The summed E-state index contributed by atoms with van der Waals surface area (Å²) < 4.78 is 27.5. The predicted molar refractivity (Wildman–Crippen MR) is 112 cm³/mol. The molecule has 164 valence electrons. The van der Waals surface area contributed by atoms with Gasteiger partial charge < -0.3 is 9.88 Å². The molecular weight excluding hydrogens is 406 g/mol. The van der Waals surface area contributed by atoms with Gasteiger partial charge in [0, 0.05) is 38.7 Å². The molecule has 0 aromatic carbocycles. The maximum atomic E-state index is 13.1. The fourth-order valence-corrected chi connectivity index (χ4v) is 5.66. The van der Waals surface area contributed by atoms with Crippen LogP contribution in [0.5, 0.6) is 0 Å². The highest BCUT2D eigenvalue weighted by atomic mass is 32.2. The average molecular weight is 436 g/mol. The van der Waals surface area contributed by atoms with Gasteiger partial charge in [-0.25, -0.2) is 4.98 Å². The Morgan fingerprint density at radius 1 is 1.23 bits per heavy atom. The van der Waals surface area contributed by atoms with Crippen LogP contribution in [0.25, 0.3) is 0 Å². The number of H-pyrrole nitrogens is 1. The molecule has 30 heavy (non-hydrogen) atoms. The molecule has 0 bridgehead atoms. The zero-order valence-electron chi connectivity index (χ0n) is 17.5. The van der Waals surface area contributed by atoms with Crippen molar-refractivity contribution in [3.8, 4) is 0 Å². The number of allylic oxidation sites excluding steroid dienone is 2. The maximum Gasteiger partial charge on any atom is 0.281 e. The van der Waals surface area contributed by atoms with Gasteiger partial charge in [0.1, 0.15) is 5.82 Å². The minimum Gasteiger partial charge on any atom is -0.332 e. The van der Waals surface area contributed by atoms with Crippen LogP contribution in [0.15, 0.2) is 16.9 Å². The van der Waals surface area contributed by atoms with Crippen LogP contribution in [0, 0.1) is 5.92 Å². The van der Waals surface area contributed by atoms with Gasteiger partial charge in [-0.05, 0) is 38.5 Å². The number of carbonyl (C=O) groups excluding carboxylic acids is 1. The largest absolute Gasteiger partial charge is 0.332 e. The fourth-order valence-electron chi connectivity index (χ4n) is 4.59. The van der Waals surface area contributed by atoms with Crippen molar-refractivity contribution in [3.63, 3.8) is 0 Å². The molecule has 2 aliphatic heterocycles. The highest BCUT2D eigenvalue weighted by Gasteiger charge is 2.37. The van der Waals surface area contributed by atoms with Gasteiger partial charge in [0.25, 0.3) is 15.8 Å². The Balaban J connectivity index is 1.61. The Labute approximate surface area is 177 Å². The van der Waals surface area contributed by atoms with Gasteiger partial charge >= 0.3 is 0 Å². The second-order valence-electron chi connectivity index (χ2n) is 8.42. The lowest BCUT2D eigenvalue weighted by Crippen LogP contribution is -2.45. The van der Waals surface area contributed by atoms with Crippen LogP contribution >= 0.6 is 0 Å². The van der Waals surface area contributed by atoms with Crippen LogP contribution in [0.2, 0.25) is 0 Å². The third-order valence-corrected chi connectivity index (χ3v) is 8.20. The van der Waals surface area contributed by atoms with E-state index in [1.54, 1.807) is 0 Å². The SMILES string of the molecule is CN(C)S(=O)(=O)N1CCc2c(nc([C@H]3CCCN3C(=O)[C@@H]3CC=CCC3)[nH]c2=O)C1. The van der Waals surface area contributed by atoms with E-state index >= 15 is 0 Å². The predicted octanol–water partition coefficient (Wildman–Crippen LogP) is 0.954. The van der Waals surface area contributed by atoms with Crippen LogP contribution in [0.3, 0.4) is 0 Å². The lowest BCUT2D eigenvalue weighted by molar-refractivity contribution is -0.136. The number of nitrogens with zero attached hydrogens (tertiary/aromatic N) is 4. The van der Waals surface area contributed by atoms with Crippen molar-refractivity contribution in [1.82, 2.24) is 23.5 Å². The lowest BCUT2D eigenvalue weighted by Gasteiger charge is -2.31. The first-order valence-electron chi connectivity index (χ1n) is 10.5. The first-order chi connectivity index (χ1) is 14.3. The van der Waals surface area contributed by atoms with Crippen LogP contribution in [-0.4, -0.2) is 65.0 Å². The Morgan fingerprint density at radius 3 is 2.73 bits per heavy atom. The van der Waals surface area contributed by atoms with Crippen molar-refractivity contribution < 1.29 is 13.2 Å². The molecule has 1 aliphatic carbocycles. The molecule has 2 atom stereocenters. The Hall–Kier alpha value is -2.04. The molecular formula is C20H29N5O4S. The van der Waals surface area contributed by atoms with Crippen molar-refractivity contribution in [2.75, 3.05) is 27.2 Å². The molecule has 10 heteroatoms. The first-order valence-corrected chi connectivity index (χ1v) is 11.9. The molecule has 9 nitrogen and oxygen atoms in total. The number of hydrogen-bond acceptors (Lipinski definition) is 5. The van der Waals surface area contributed by atoms with Crippen molar-refractivity contribution >= 4 is 16.1 Å². The lowest BCUT2D eigenvalue weighted by atomic mass is 9.93. The van der Waals surface area contributed by atoms with E-state index in [1.807, 2.05) is 4.90 Å². The van der Waals surface area contributed by atoms with E-state index in [4.69, 9.17) is 0 Å². The van der Waals surface area contributed by atoms with Gasteiger partial charge in [-0.15, -0.1) is 0 Å². The molecule has 0 unspecified atom stereocenters. The fraction of sp³-hybridized carbons (Fsp3) is 0.650. The van der Waals surface area contributed by atoms with Crippen LogP contribution < -0.4 is 5.56 Å². The molecule has 1 aromatic rings. The first kappa shape index (κ1) is 21.2. The molecule has 0 radical (unpaired) electrons. The molecule has 4 rings (SSSR count). The molecule has 1 aromatic heterocycles. The topological polar surface area (TPSA) is 107 Å². The highest BCUT2D eigenvalue weighted by Crippen LogP contribution is 2.33. The normalized spacial score (nSPS) is 25.0. The van der Waals surface area contributed by atoms with Crippen molar-refractivity contribution in [1.29, 1.82) is 0 Å². The number of hydrogen-bond donors (Lipinski definition) is 1. The molecule has 1 amide bonds. The number of rotatable bonds is 4. The summed E-state index contributed by atoms with van der Waals surface area (Å²) in [4.78, 5) is 35.2. The highest BCUT2D eigenvalue weighted by molar-refractivity contribution is 7.86. The van der Waals surface area contributed by atoms with E-state index < -0.39 is 10.2 Å². The number of fused-ring (bicyclic) bond motifs is 1. The Bertz CT molecular complexity index is 1020. The van der Waals surface area contributed by atoms with Gasteiger partial charge in [0.2, 0.25) is 5.91 Å². The summed E-state index contributed by atoms with van der Waals surface area (Å²) in [5.41, 5.74) is 0.805. The standard InChI is InChI=1S/C20H29N5O4S/c1-23(2)30(28,29)24-12-10-15-16(13-24)21-18(22-19(15)26)17-9-6-11-25(17)20(27)14-7-4-3-5-8-14/h3-4,14,17H,5-13H2,1-2H3,(H,21,22,26)/t14-,17-/m1/s1. The van der Waals surface area contributed by atoms with Crippen molar-refractivity contribution in [2.45, 2.75) is 51.1 Å². The zero-order chi connectivity index (χ0) is 21.5. The van der Waals surface area contributed by atoms with Gasteiger partial charge in [-0.2, -0.15) is 17.0 Å². The summed E-state index contributed by atoms with van der Waals surface area (Å²) >= 11 is 0. The molecule has 1 fully saturated rings. The van der Waals surface area contributed by atoms with Gasteiger partial charge in [-0.1, -0.05) is 12.2 Å². The van der Waals surface area contributed by atoms with Gasteiger partial charge in [0.05, 0.1) is 18.3 Å². The second-order valence-corrected chi connectivity index (χ2v) is 10.6. The summed E-state index contributed by atoms with van der Waals surface area (Å²) in [6, 6.07) is -0.262. The summed E-state index contributed by atoms with van der Waals surface area (Å²) in [5, 5.41) is 0. The molecule has 3 heterocycles. The van der Waals surface area contributed by atoms with E-state index in [0.29, 0.717) is 30.0 Å². The second kappa shape index (κ2) is 8.24. The summed E-state index contributed by atoms with van der Waals surface area (Å²) in [7, 11) is -0.603. The third-order valence-electron chi connectivity index (χ3n) is 6.31. The number of likely N-dealkylation sites (tertiary alicyclic amines) is 1. The number of carbonyl (C=O) groups is 1. The summed E-state index contributed by atoms with van der Waals surface area (Å²) in [5.74, 6) is 0.583. The minimum absolute atomic E-state index is 0.0133.